The first kappa shape index (κ1) is 8.82. The summed E-state index contributed by atoms with van der Waals surface area (Å²) in [6.07, 6.45) is 0. The summed E-state index contributed by atoms with van der Waals surface area (Å²) in [6, 6.07) is 0. The maximum atomic E-state index is 5.72. The van der Waals surface area contributed by atoms with E-state index in [2.05, 4.69) is 11.9 Å². The molecule has 16 valence electrons. The molecule has 0 radical (unpaired) electrons. The average molecular weight is 129 g/mol. The van der Waals surface area contributed by atoms with E-state index >= 15 is 0 Å². The molecule has 1 nitrogen and oxygen atoms in total. The van der Waals surface area contributed by atoms with Gasteiger partial charge in [-0.15, -0.1) is 0 Å². The molecule has 0 aromatic carbocycles. The Bertz CT molecular complexity index is 27.5. The largest absolute Gasteiger partial charge is 3.00 e. The van der Waals surface area contributed by atoms with Gasteiger partial charge < -0.3 is 4.85 Å². The van der Waals surface area contributed by atoms with Crippen molar-refractivity contribution in [2.75, 3.05) is 0 Å². The van der Waals surface area contributed by atoms with Crippen LogP contribution in [0.25, 0.3) is 4.85 Å². The Labute approximate surface area is 51.1 Å². The van der Waals surface area contributed by atoms with Crippen molar-refractivity contribution in [3.63, 3.8) is 0 Å². The predicted octanol–water partition coefficient (Wildman–Crippen LogP) is 0.695. The van der Waals surface area contributed by atoms with Crippen LogP contribution >= 0.6 is 0 Å². The van der Waals surface area contributed by atoms with Gasteiger partial charge in [0.25, 0.3) is 0 Å². The van der Waals surface area contributed by atoms with Gasteiger partial charge in [-0.2, -0.15) is 0 Å². The van der Waals surface area contributed by atoms with Crippen molar-refractivity contribution in [2.45, 2.75) is 0 Å². The van der Waals surface area contributed by atoms with E-state index < -0.39 is 0 Å². The fraction of sp³-hybridized carbons (Fsp3) is 0. The Hall–Kier alpha value is 0.464. The zero-order valence-corrected chi connectivity index (χ0v) is 5.07. The second-order valence-corrected chi connectivity index (χ2v) is 0.158. The summed E-state index contributed by atoms with van der Waals surface area (Å²) in [7, 11) is 2.78. The predicted molar refractivity (Wildman–Crippen MR) is 12.0 cm³/mol. The number of hydrogen-bond donors (Lipinski definition) is 0. The van der Waals surface area contributed by atoms with E-state index in [-0.39, 0.29) is 32.7 Å². The van der Waals surface area contributed by atoms with Crippen LogP contribution in [0.4, 0.5) is 0 Å². The smallest absolute Gasteiger partial charge is 0.464 e. The van der Waals surface area contributed by atoms with Crippen molar-refractivity contribution in [2.24, 2.45) is 0 Å². The molecule has 2 heteroatoms. The van der Waals surface area contributed by atoms with E-state index in [0.29, 0.717) is 0 Å². The molecule has 0 N–H and O–H groups in total. The van der Waals surface area contributed by atoms with Gasteiger partial charge in [-0.1, -0.05) is 7.05 Å². The Morgan fingerprint density at radius 2 is 1.75 bits per heavy atom. The molecule has 4 heavy (non-hydrogen) atoms. The fourth-order valence-electron chi connectivity index (χ4n) is 0. The standard InChI is InChI=1S/C2H2N.Y/c1-3-2;/h1H2;/q-1;+3. The molecule has 0 aliphatic rings. The molecule has 0 unspecified atom stereocenters. The second kappa shape index (κ2) is 9.81. The summed E-state index contributed by atoms with van der Waals surface area (Å²) in [4.78, 5) is 2.50. The molecule has 0 atom stereocenters. The molecule has 0 saturated heterocycles. The molecule has 0 aromatic heterocycles. The summed E-state index contributed by atoms with van der Waals surface area (Å²) >= 11 is 0. The molecule has 0 saturated carbocycles. The number of rotatable bonds is 0. The monoisotopic (exact) mass is 129 g/mol. The summed E-state index contributed by atoms with van der Waals surface area (Å²) in [5.74, 6) is 0. The van der Waals surface area contributed by atoms with Gasteiger partial charge in [0.05, 0.1) is 0 Å². The van der Waals surface area contributed by atoms with Crippen molar-refractivity contribution in [3.05, 3.63) is 18.5 Å². The quantitative estimate of drug-likeness (QED) is 0.424. The van der Waals surface area contributed by atoms with Gasteiger partial charge in [-0.25, -0.2) is 0 Å². The maximum Gasteiger partial charge on any atom is 3.00 e. The molecule has 0 heterocycles. The summed E-state index contributed by atoms with van der Waals surface area (Å²) in [5.41, 5.74) is 0. The normalized spacial score (nSPS) is 1.75. The zero-order valence-electron chi connectivity index (χ0n) is 2.23. The average Bonchev–Trinajstić information content (AvgIpc) is 0.918. The van der Waals surface area contributed by atoms with Gasteiger partial charge >= 0.3 is 32.7 Å². The maximum absolute atomic E-state index is 5.72. The van der Waals surface area contributed by atoms with Crippen LogP contribution in [-0.4, -0.2) is 0 Å². The van der Waals surface area contributed by atoms with Crippen LogP contribution in [0.15, 0.2) is 0 Å². The molecule has 0 aliphatic heterocycles. The van der Waals surface area contributed by atoms with E-state index in [4.69, 9.17) is 6.57 Å². The van der Waals surface area contributed by atoms with Gasteiger partial charge in [-0.3, -0.25) is 6.57 Å². The minimum absolute atomic E-state index is 0. The van der Waals surface area contributed by atoms with E-state index in [0.717, 1.165) is 0 Å². The third-order valence-electron chi connectivity index (χ3n) is 0. The first-order valence-electron chi connectivity index (χ1n) is 0.540. The van der Waals surface area contributed by atoms with Crippen molar-refractivity contribution in [1.82, 2.24) is 0 Å². The van der Waals surface area contributed by atoms with Crippen molar-refractivity contribution in [3.8, 4) is 0 Å². The van der Waals surface area contributed by atoms with Crippen LogP contribution in [0.1, 0.15) is 0 Å². The molecule has 0 spiro atoms. The van der Waals surface area contributed by atoms with Crippen LogP contribution in [-0.2, 0) is 32.7 Å². The van der Waals surface area contributed by atoms with E-state index in [9.17, 15) is 0 Å². The first-order chi connectivity index (χ1) is 1.41. The fourth-order valence-corrected chi connectivity index (χ4v) is 0. The van der Waals surface area contributed by atoms with Gasteiger partial charge in [0.15, 0.2) is 0 Å². The molecule has 0 aliphatic carbocycles. The van der Waals surface area contributed by atoms with Crippen LogP contribution in [0.3, 0.4) is 0 Å². The van der Waals surface area contributed by atoms with Gasteiger partial charge in [0.2, 0.25) is 0 Å². The Morgan fingerprint density at radius 1 is 1.75 bits per heavy atom. The Kier molecular flexibility index (Phi) is 21.6. The minimum Gasteiger partial charge on any atom is -0.464 e. The zero-order chi connectivity index (χ0) is 2.71. The molecule has 0 fully saturated rings. The third-order valence-corrected chi connectivity index (χ3v) is 0. The summed E-state index contributed by atoms with van der Waals surface area (Å²) in [5, 5.41) is 0. The number of nitrogens with zero attached hydrogens (tertiary/aromatic N) is 1. The molecular weight excluding hydrogens is 127 g/mol. The molecule has 0 amide bonds. The van der Waals surface area contributed by atoms with Crippen molar-refractivity contribution < 1.29 is 32.7 Å². The molecule has 0 aromatic rings. The second-order valence-electron chi connectivity index (χ2n) is 0.158. The van der Waals surface area contributed by atoms with Crippen molar-refractivity contribution >= 4 is 0 Å². The molecule has 0 rings (SSSR count). The Morgan fingerprint density at radius 3 is 1.75 bits per heavy atom. The molecular formula is C2H2NY+2. The van der Waals surface area contributed by atoms with E-state index in [1.54, 1.807) is 0 Å². The van der Waals surface area contributed by atoms with Gasteiger partial charge in [0.1, 0.15) is 0 Å². The first-order valence-corrected chi connectivity index (χ1v) is 0.540. The molecule has 0 bridgehead atoms. The third kappa shape index (κ3) is 24.5. The van der Waals surface area contributed by atoms with E-state index in [1.165, 1.54) is 0 Å². The van der Waals surface area contributed by atoms with Crippen LogP contribution in [0, 0.1) is 13.6 Å². The van der Waals surface area contributed by atoms with Crippen LogP contribution in [0.5, 0.6) is 0 Å². The summed E-state index contributed by atoms with van der Waals surface area (Å²) in [6.45, 7) is 5.72. The van der Waals surface area contributed by atoms with Gasteiger partial charge in [0, 0.05) is 0 Å². The number of hydrogen-bond acceptors (Lipinski definition) is 0. The van der Waals surface area contributed by atoms with Crippen molar-refractivity contribution in [1.29, 1.82) is 0 Å². The minimum atomic E-state index is 0. The topological polar surface area (TPSA) is 4.36 Å². The van der Waals surface area contributed by atoms with Crippen LogP contribution in [0.2, 0.25) is 0 Å². The SMILES string of the molecule is [C-]#[N+][CH2-].[Y+3]. The van der Waals surface area contributed by atoms with E-state index in [1.807, 2.05) is 0 Å². The van der Waals surface area contributed by atoms with Gasteiger partial charge in [-0.05, 0) is 0 Å². The van der Waals surface area contributed by atoms with Crippen LogP contribution < -0.4 is 0 Å². The summed E-state index contributed by atoms with van der Waals surface area (Å²) < 4.78 is 0. The Balaban J connectivity index is 0.